The van der Waals surface area contributed by atoms with Crippen LogP contribution in [0.15, 0.2) is 29.0 Å². The van der Waals surface area contributed by atoms with Gasteiger partial charge in [-0.3, -0.25) is 0 Å². The van der Waals surface area contributed by atoms with Crippen LogP contribution >= 0.6 is 0 Å². The van der Waals surface area contributed by atoms with E-state index in [0.29, 0.717) is 11.3 Å². The molecule has 0 aliphatic rings. The summed E-state index contributed by atoms with van der Waals surface area (Å²) in [7, 11) is 0. The minimum Gasteiger partial charge on any atom is -0.479 e. The van der Waals surface area contributed by atoms with Crippen molar-refractivity contribution >= 4 is 11.1 Å². The SMILES string of the molecule is N#CCOc1ccc2ocnc2c1. The molecule has 0 fully saturated rings. The number of hydrogen-bond acceptors (Lipinski definition) is 4. The second kappa shape index (κ2) is 3.15. The van der Waals surface area contributed by atoms with E-state index < -0.39 is 0 Å². The second-order valence-electron chi connectivity index (χ2n) is 2.43. The number of hydrogen-bond donors (Lipinski definition) is 0. The number of benzene rings is 1. The number of nitrogens with zero attached hydrogens (tertiary/aromatic N) is 2. The van der Waals surface area contributed by atoms with E-state index in [2.05, 4.69) is 4.98 Å². The normalized spacial score (nSPS) is 9.77. The van der Waals surface area contributed by atoms with Gasteiger partial charge in [-0.05, 0) is 12.1 Å². The Kier molecular flexibility index (Phi) is 1.85. The number of fused-ring (bicyclic) bond motifs is 1. The molecular formula is C9H6N2O2. The number of rotatable bonds is 2. The van der Waals surface area contributed by atoms with Crippen molar-refractivity contribution in [2.75, 3.05) is 6.61 Å². The molecule has 4 nitrogen and oxygen atoms in total. The van der Waals surface area contributed by atoms with Crippen LogP contribution in [0.1, 0.15) is 0 Å². The van der Waals surface area contributed by atoms with Gasteiger partial charge in [-0.25, -0.2) is 4.98 Å². The average molecular weight is 174 g/mol. The van der Waals surface area contributed by atoms with Gasteiger partial charge in [-0.2, -0.15) is 5.26 Å². The van der Waals surface area contributed by atoms with Crippen molar-refractivity contribution < 1.29 is 9.15 Å². The van der Waals surface area contributed by atoms with E-state index >= 15 is 0 Å². The van der Waals surface area contributed by atoms with Crippen LogP contribution in [0.3, 0.4) is 0 Å². The highest BCUT2D eigenvalue weighted by Gasteiger charge is 1.99. The second-order valence-corrected chi connectivity index (χ2v) is 2.43. The molecule has 4 heteroatoms. The zero-order chi connectivity index (χ0) is 9.10. The molecule has 0 saturated carbocycles. The van der Waals surface area contributed by atoms with Crippen LogP contribution in [-0.4, -0.2) is 11.6 Å². The summed E-state index contributed by atoms with van der Waals surface area (Å²) >= 11 is 0. The Morgan fingerprint density at radius 3 is 3.31 bits per heavy atom. The highest BCUT2D eigenvalue weighted by Crippen LogP contribution is 2.18. The van der Waals surface area contributed by atoms with Crippen molar-refractivity contribution in [3.05, 3.63) is 24.6 Å². The predicted octanol–water partition coefficient (Wildman–Crippen LogP) is 1.73. The molecule has 0 amide bonds. The first-order valence-electron chi connectivity index (χ1n) is 3.73. The van der Waals surface area contributed by atoms with Gasteiger partial charge in [0.05, 0.1) is 0 Å². The smallest absolute Gasteiger partial charge is 0.181 e. The first-order chi connectivity index (χ1) is 6.40. The van der Waals surface area contributed by atoms with Crippen molar-refractivity contribution in [3.8, 4) is 11.8 Å². The summed E-state index contributed by atoms with van der Waals surface area (Å²) in [6.45, 7) is 0.0450. The Bertz CT molecular complexity index is 456. The average Bonchev–Trinajstić information content (AvgIpc) is 2.61. The quantitative estimate of drug-likeness (QED) is 0.695. The Hall–Kier alpha value is -2.02. The first-order valence-corrected chi connectivity index (χ1v) is 3.73. The molecule has 64 valence electrons. The molecule has 1 aromatic carbocycles. The van der Waals surface area contributed by atoms with E-state index in [1.54, 1.807) is 18.2 Å². The summed E-state index contributed by atoms with van der Waals surface area (Å²) in [4.78, 5) is 3.96. The monoisotopic (exact) mass is 174 g/mol. The van der Waals surface area contributed by atoms with Gasteiger partial charge in [-0.15, -0.1) is 0 Å². The zero-order valence-corrected chi connectivity index (χ0v) is 6.73. The number of ether oxygens (including phenoxy) is 1. The molecule has 2 rings (SSSR count). The Morgan fingerprint density at radius 1 is 1.54 bits per heavy atom. The lowest BCUT2D eigenvalue weighted by atomic mass is 10.3. The topological polar surface area (TPSA) is 59.0 Å². The van der Waals surface area contributed by atoms with E-state index in [1.807, 2.05) is 6.07 Å². The molecule has 1 heterocycles. The third-order valence-electron chi connectivity index (χ3n) is 1.61. The first kappa shape index (κ1) is 7.62. The van der Waals surface area contributed by atoms with Gasteiger partial charge >= 0.3 is 0 Å². The largest absolute Gasteiger partial charge is 0.479 e. The maximum absolute atomic E-state index is 8.29. The number of oxazole rings is 1. The van der Waals surface area contributed by atoms with Crippen LogP contribution < -0.4 is 4.74 Å². The molecule has 0 aliphatic heterocycles. The van der Waals surface area contributed by atoms with Gasteiger partial charge < -0.3 is 9.15 Å². The summed E-state index contributed by atoms with van der Waals surface area (Å²) in [5, 5.41) is 8.29. The van der Waals surface area contributed by atoms with Crippen LogP contribution in [0.25, 0.3) is 11.1 Å². The van der Waals surface area contributed by atoms with Gasteiger partial charge in [0.25, 0.3) is 0 Å². The van der Waals surface area contributed by atoms with Crippen molar-refractivity contribution in [1.82, 2.24) is 4.98 Å². The predicted molar refractivity (Wildman–Crippen MR) is 45.1 cm³/mol. The van der Waals surface area contributed by atoms with E-state index in [4.69, 9.17) is 14.4 Å². The third kappa shape index (κ3) is 1.44. The lowest BCUT2D eigenvalue weighted by molar-refractivity contribution is 0.368. The molecule has 2 aromatic rings. The third-order valence-corrected chi connectivity index (χ3v) is 1.61. The molecular weight excluding hydrogens is 168 g/mol. The van der Waals surface area contributed by atoms with E-state index in [0.717, 1.165) is 5.52 Å². The molecule has 13 heavy (non-hydrogen) atoms. The fourth-order valence-corrected chi connectivity index (χ4v) is 1.04. The summed E-state index contributed by atoms with van der Waals surface area (Å²) in [5.74, 6) is 0.628. The highest BCUT2D eigenvalue weighted by atomic mass is 16.5. The zero-order valence-electron chi connectivity index (χ0n) is 6.73. The van der Waals surface area contributed by atoms with Gasteiger partial charge in [0, 0.05) is 6.07 Å². The molecule has 0 bridgehead atoms. The van der Waals surface area contributed by atoms with Crippen molar-refractivity contribution in [3.63, 3.8) is 0 Å². The molecule has 1 aromatic heterocycles. The van der Waals surface area contributed by atoms with Crippen molar-refractivity contribution in [2.45, 2.75) is 0 Å². The Morgan fingerprint density at radius 2 is 2.46 bits per heavy atom. The Balaban J connectivity index is 2.33. The van der Waals surface area contributed by atoms with Gasteiger partial charge in [0.1, 0.15) is 17.3 Å². The number of nitriles is 1. The molecule has 0 atom stereocenters. The fourth-order valence-electron chi connectivity index (χ4n) is 1.04. The van der Waals surface area contributed by atoms with Crippen molar-refractivity contribution in [1.29, 1.82) is 5.26 Å². The van der Waals surface area contributed by atoms with Gasteiger partial charge in [0.15, 0.2) is 18.6 Å². The summed E-state index contributed by atoms with van der Waals surface area (Å²) in [6.07, 6.45) is 1.37. The van der Waals surface area contributed by atoms with Gasteiger partial charge in [0.2, 0.25) is 0 Å². The minimum atomic E-state index is 0.0450. The number of aromatic nitrogens is 1. The van der Waals surface area contributed by atoms with Gasteiger partial charge in [-0.1, -0.05) is 0 Å². The lowest BCUT2D eigenvalue weighted by Crippen LogP contribution is -1.92. The maximum atomic E-state index is 8.29. The summed E-state index contributed by atoms with van der Waals surface area (Å²) in [6, 6.07) is 7.12. The lowest BCUT2D eigenvalue weighted by Gasteiger charge is -1.98. The highest BCUT2D eigenvalue weighted by molar-refractivity contribution is 5.73. The molecule has 0 unspecified atom stereocenters. The maximum Gasteiger partial charge on any atom is 0.181 e. The summed E-state index contributed by atoms with van der Waals surface area (Å²) < 4.78 is 10.1. The van der Waals surface area contributed by atoms with Crippen molar-refractivity contribution in [2.24, 2.45) is 0 Å². The summed E-state index contributed by atoms with van der Waals surface area (Å²) in [5.41, 5.74) is 1.44. The molecule has 0 aliphatic carbocycles. The van der Waals surface area contributed by atoms with E-state index in [9.17, 15) is 0 Å². The minimum absolute atomic E-state index is 0.0450. The molecule has 0 spiro atoms. The van der Waals surface area contributed by atoms with E-state index in [-0.39, 0.29) is 6.61 Å². The van der Waals surface area contributed by atoms with E-state index in [1.165, 1.54) is 6.39 Å². The van der Waals surface area contributed by atoms with Crippen LogP contribution in [0.5, 0.6) is 5.75 Å². The standard InChI is InChI=1S/C9H6N2O2/c10-3-4-12-7-1-2-9-8(5-7)11-6-13-9/h1-2,5-6H,4H2. The van der Waals surface area contributed by atoms with Crippen LogP contribution in [0, 0.1) is 11.3 Å². The van der Waals surface area contributed by atoms with Crippen LogP contribution in [-0.2, 0) is 0 Å². The molecule has 0 radical (unpaired) electrons. The molecule has 0 N–H and O–H groups in total. The Labute approximate surface area is 74.4 Å². The molecule has 0 saturated heterocycles. The van der Waals surface area contributed by atoms with Crippen LogP contribution in [0.4, 0.5) is 0 Å². The fraction of sp³-hybridized carbons (Fsp3) is 0.111. The van der Waals surface area contributed by atoms with Crippen LogP contribution in [0.2, 0.25) is 0 Å².